The van der Waals surface area contributed by atoms with Crippen LogP contribution in [0.15, 0.2) is 24.3 Å². The summed E-state index contributed by atoms with van der Waals surface area (Å²) in [4.78, 5) is 0. The smallest absolute Gasteiger partial charge is 0.115 e. The average molecular weight is 219 g/mol. The zero-order valence-corrected chi connectivity index (χ0v) is 10.2. The Labute approximate surface area is 97.7 Å². The van der Waals surface area contributed by atoms with E-state index in [1.54, 1.807) is 6.07 Å². The quantitative estimate of drug-likeness (QED) is 0.801. The second kappa shape index (κ2) is 4.46. The van der Waals surface area contributed by atoms with E-state index in [-0.39, 0.29) is 5.41 Å². The minimum absolute atomic E-state index is 0.191. The van der Waals surface area contributed by atoms with Gasteiger partial charge >= 0.3 is 0 Å². The van der Waals surface area contributed by atoms with E-state index in [0.29, 0.717) is 11.7 Å². The Balaban J connectivity index is 2.38. The lowest BCUT2D eigenvalue weighted by Gasteiger charge is -2.42. The predicted molar refractivity (Wildman–Crippen MR) is 66.7 cm³/mol. The van der Waals surface area contributed by atoms with Gasteiger partial charge in [0.2, 0.25) is 0 Å². The van der Waals surface area contributed by atoms with Crippen LogP contribution in [0.3, 0.4) is 0 Å². The van der Waals surface area contributed by atoms with E-state index >= 15 is 0 Å². The van der Waals surface area contributed by atoms with Crippen molar-refractivity contribution in [1.29, 1.82) is 0 Å². The largest absolute Gasteiger partial charge is 0.508 e. The van der Waals surface area contributed by atoms with Crippen LogP contribution in [0, 0.1) is 5.92 Å². The monoisotopic (exact) mass is 219 g/mol. The van der Waals surface area contributed by atoms with Gasteiger partial charge in [-0.05, 0) is 43.0 Å². The zero-order chi connectivity index (χ0) is 11.6. The number of aromatic hydroxyl groups is 1. The molecule has 1 unspecified atom stereocenters. The molecule has 16 heavy (non-hydrogen) atoms. The molecule has 0 aliphatic carbocycles. The summed E-state index contributed by atoms with van der Waals surface area (Å²) in [5, 5.41) is 13.1. The Kier molecular flexibility index (Phi) is 3.20. The molecule has 0 radical (unpaired) electrons. The number of piperidine rings is 1. The molecule has 2 nitrogen and oxygen atoms in total. The Morgan fingerprint density at radius 3 is 2.75 bits per heavy atom. The van der Waals surface area contributed by atoms with Crippen LogP contribution in [0.2, 0.25) is 0 Å². The molecule has 0 aromatic heterocycles. The highest BCUT2D eigenvalue weighted by Crippen LogP contribution is 2.39. The summed E-state index contributed by atoms with van der Waals surface area (Å²) in [7, 11) is 0. The second-order valence-corrected chi connectivity index (χ2v) is 5.14. The summed E-state index contributed by atoms with van der Waals surface area (Å²) in [6.07, 6.45) is 2.43. The lowest BCUT2D eigenvalue weighted by Crippen LogP contribution is -2.46. The van der Waals surface area contributed by atoms with Crippen LogP contribution in [0.4, 0.5) is 0 Å². The van der Waals surface area contributed by atoms with Crippen molar-refractivity contribution < 1.29 is 5.11 Å². The Hall–Kier alpha value is -1.02. The van der Waals surface area contributed by atoms with Crippen LogP contribution >= 0.6 is 0 Å². The molecule has 2 heteroatoms. The third kappa shape index (κ3) is 1.94. The van der Waals surface area contributed by atoms with E-state index in [0.717, 1.165) is 13.1 Å². The van der Waals surface area contributed by atoms with Gasteiger partial charge in [-0.25, -0.2) is 0 Å². The molecule has 0 bridgehead atoms. The SMILES string of the molecule is CC(C)C1(c2cccc(O)c2)CCCNC1. The van der Waals surface area contributed by atoms with Crippen molar-refractivity contribution >= 4 is 0 Å². The van der Waals surface area contributed by atoms with Crippen LogP contribution < -0.4 is 5.32 Å². The molecule has 1 atom stereocenters. The van der Waals surface area contributed by atoms with Gasteiger partial charge < -0.3 is 10.4 Å². The summed E-state index contributed by atoms with van der Waals surface area (Å²) in [5.74, 6) is 0.963. The van der Waals surface area contributed by atoms with Crippen molar-refractivity contribution in [2.45, 2.75) is 32.1 Å². The Morgan fingerprint density at radius 2 is 2.19 bits per heavy atom. The number of nitrogens with one attached hydrogen (secondary N) is 1. The van der Waals surface area contributed by atoms with Crippen molar-refractivity contribution in [3.8, 4) is 5.75 Å². The maximum absolute atomic E-state index is 9.62. The zero-order valence-electron chi connectivity index (χ0n) is 10.2. The second-order valence-electron chi connectivity index (χ2n) is 5.14. The molecule has 1 heterocycles. The molecule has 1 aliphatic heterocycles. The molecule has 1 fully saturated rings. The fourth-order valence-electron chi connectivity index (χ4n) is 2.82. The van der Waals surface area contributed by atoms with Crippen LogP contribution in [-0.2, 0) is 5.41 Å². The fourth-order valence-corrected chi connectivity index (χ4v) is 2.82. The van der Waals surface area contributed by atoms with E-state index in [4.69, 9.17) is 0 Å². The first-order valence-corrected chi connectivity index (χ1v) is 6.15. The first-order chi connectivity index (χ1) is 7.65. The van der Waals surface area contributed by atoms with Crippen molar-refractivity contribution in [3.63, 3.8) is 0 Å². The summed E-state index contributed by atoms with van der Waals surface area (Å²) in [6, 6.07) is 7.76. The highest BCUT2D eigenvalue weighted by atomic mass is 16.3. The highest BCUT2D eigenvalue weighted by molar-refractivity contribution is 5.34. The van der Waals surface area contributed by atoms with Gasteiger partial charge in [0, 0.05) is 12.0 Å². The third-order valence-corrected chi connectivity index (χ3v) is 3.94. The number of hydrogen-bond acceptors (Lipinski definition) is 2. The van der Waals surface area contributed by atoms with E-state index in [2.05, 4.69) is 25.2 Å². The van der Waals surface area contributed by atoms with Crippen LogP contribution in [0.1, 0.15) is 32.3 Å². The molecular weight excluding hydrogens is 198 g/mol. The van der Waals surface area contributed by atoms with Gasteiger partial charge in [-0.1, -0.05) is 26.0 Å². The maximum atomic E-state index is 9.62. The summed E-state index contributed by atoms with van der Waals surface area (Å²) < 4.78 is 0. The molecule has 1 aliphatic rings. The number of phenolic OH excluding ortho intramolecular Hbond substituents is 1. The molecule has 88 valence electrons. The first kappa shape index (κ1) is 11.5. The van der Waals surface area contributed by atoms with Crippen molar-refractivity contribution in [1.82, 2.24) is 5.32 Å². The van der Waals surface area contributed by atoms with Gasteiger partial charge in [-0.15, -0.1) is 0 Å². The van der Waals surface area contributed by atoms with Gasteiger partial charge in [0.05, 0.1) is 0 Å². The molecule has 2 rings (SSSR count). The van der Waals surface area contributed by atoms with Crippen molar-refractivity contribution in [2.24, 2.45) is 5.92 Å². The van der Waals surface area contributed by atoms with Gasteiger partial charge in [0.1, 0.15) is 5.75 Å². The molecule has 1 aromatic rings. The van der Waals surface area contributed by atoms with E-state index < -0.39 is 0 Å². The van der Waals surface area contributed by atoms with Gasteiger partial charge in [-0.2, -0.15) is 0 Å². The Morgan fingerprint density at radius 1 is 1.38 bits per heavy atom. The molecule has 2 N–H and O–H groups in total. The standard InChI is InChI=1S/C14H21NO/c1-11(2)14(7-4-8-15-10-14)12-5-3-6-13(16)9-12/h3,5-6,9,11,15-16H,4,7-8,10H2,1-2H3. The molecule has 0 spiro atoms. The van der Waals surface area contributed by atoms with E-state index in [1.807, 2.05) is 12.1 Å². The van der Waals surface area contributed by atoms with Gasteiger partial charge in [0.25, 0.3) is 0 Å². The molecule has 1 saturated heterocycles. The minimum Gasteiger partial charge on any atom is -0.508 e. The number of hydrogen-bond donors (Lipinski definition) is 2. The topological polar surface area (TPSA) is 32.3 Å². The lowest BCUT2D eigenvalue weighted by atomic mass is 9.67. The minimum atomic E-state index is 0.191. The normalized spacial score (nSPS) is 25.9. The van der Waals surface area contributed by atoms with Gasteiger partial charge in [0.15, 0.2) is 0 Å². The highest BCUT2D eigenvalue weighted by Gasteiger charge is 2.36. The third-order valence-electron chi connectivity index (χ3n) is 3.94. The lowest BCUT2D eigenvalue weighted by molar-refractivity contribution is 0.233. The molecule has 0 saturated carbocycles. The van der Waals surface area contributed by atoms with Crippen LogP contribution in [-0.4, -0.2) is 18.2 Å². The van der Waals surface area contributed by atoms with Crippen LogP contribution in [0.5, 0.6) is 5.75 Å². The van der Waals surface area contributed by atoms with Crippen molar-refractivity contribution in [2.75, 3.05) is 13.1 Å². The van der Waals surface area contributed by atoms with E-state index in [9.17, 15) is 5.11 Å². The number of phenols is 1. The predicted octanol–water partition coefficient (Wildman–Crippen LogP) is 2.67. The maximum Gasteiger partial charge on any atom is 0.115 e. The fraction of sp³-hybridized carbons (Fsp3) is 0.571. The van der Waals surface area contributed by atoms with Crippen molar-refractivity contribution in [3.05, 3.63) is 29.8 Å². The summed E-state index contributed by atoms with van der Waals surface area (Å²) in [6.45, 7) is 6.69. The van der Waals surface area contributed by atoms with E-state index in [1.165, 1.54) is 18.4 Å². The first-order valence-electron chi connectivity index (χ1n) is 6.15. The summed E-state index contributed by atoms with van der Waals surface area (Å²) in [5.41, 5.74) is 1.46. The van der Waals surface area contributed by atoms with Crippen LogP contribution in [0.25, 0.3) is 0 Å². The Bertz CT molecular complexity index is 354. The van der Waals surface area contributed by atoms with Gasteiger partial charge in [-0.3, -0.25) is 0 Å². The average Bonchev–Trinajstić information content (AvgIpc) is 2.30. The summed E-state index contributed by atoms with van der Waals surface area (Å²) >= 11 is 0. The number of rotatable bonds is 2. The molecular formula is C14H21NO. The molecule has 1 aromatic carbocycles. The molecule has 0 amide bonds. The number of benzene rings is 1.